The molecule has 2 aliphatic heterocycles. The monoisotopic (exact) mass is 332 g/mol. The smallest absolute Gasteiger partial charge is 0.258 e. The standard InChI is InChI=1S/C19H28N2O3/c1-4-20-12-6-9-15(20)16-10-7-13-21(16)19(22)14-8-5-11-17(23-2)18(14)24-3/h5,8,11,15-16H,4,6-7,9-10,12-13H2,1-3H3. The Balaban J connectivity index is 1.86. The van der Waals surface area contributed by atoms with Gasteiger partial charge in [0.25, 0.3) is 5.91 Å². The Hall–Kier alpha value is -1.75. The van der Waals surface area contributed by atoms with Gasteiger partial charge in [-0.3, -0.25) is 9.69 Å². The van der Waals surface area contributed by atoms with E-state index in [-0.39, 0.29) is 5.91 Å². The number of rotatable bonds is 5. The van der Waals surface area contributed by atoms with Crippen LogP contribution in [0, 0.1) is 0 Å². The Kier molecular flexibility index (Phi) is 5.29. The van der Waals surface area contributed by atoms with Gasteiger partial charge in [-0.2, -0.15) is 0 Å². The molecule has 132 valence electrons. The molecule has 1 aromatic rings. The van der Waals surface area contributed by atoms with E-state index < -0.39 is 0 Å². The lowest BCUT2D eigenvalue weighted by atomic mass is 10.0. The summed E-state index contributed by atoms with van der Waals surface area (Å²) in [6, 6.07) is 6.33. The molecule has 1 aromatic carbocycles. The molecule has 2 unspecified atom stereocenters. The number of benzene rings is 1. The number of likely N-dealkylation sites (tertiary alicyclic amines) is 2. The predicted octanol–water partition coefficient (Wildman–Crippen LogP) is 2.79. The van der Waals surface area contributed by atoms with E-state index in [0.717, 1.165) is 32.5 Å². The Morgan fingerprint density at radius 3 is 2.58 bits per heavy atom. The molecule has 2 fully saturated rings. The highest BCUT2D eigenvalue weighted by molar-refractivity contribution is 5.98. The fourth-order valence-corrected chi connectivity index (χ4v) is 4.34. The number of nitrogens with zero attached hydrogens (tertiary/aromatic N) is 2. The number of methoxy groups -OCH3 is 2. The van der Waals surface area contributed by atoms with Crippen molar-refractivity contribution in [3.8, 4) is 11.5 Å². The van der Waals surface area contributed by atoms with Gasteiger partial charge in [-0.25, -0.2) is 0 Å². The number of carbonyl (C=O) groups is 1. The second-order valence-electron chi connectivity index (χ2n) is 6.59. The van der Waals surface area contributed by atoms with Gasteiger partial charge in [0.1, 0.15) is 0 Å². The van der Waals surface area contributed by atoms with E-state index in [4.69, 9.17) is 9.47 Å². The second-order valence-corrected chi connectivity index (χ2v) is 6.59. The number of hydrogen-bond acceptors (Lipinski definition) is 4. The van der Waals surface area contributed by atoms with Crippen LogP contribution in [0.15, 0.2) is 18.2 Å². The van der Waals surface area contributed by atoms with E-state index in [0.29, 0.717) is 29.1 Å². The quantitative estimate of drug-likeness (QED) is 0.831. The molecule has 5 heteroatoms. The second kappa shape index (κ2) is 7.43. The van der Waals surface area contributed by atoms with Crippen molar-refractivity contribution >= 4 is 5.91 Å². The first-order chi connectivity index (χ1) is 11.7. The van der Waals surface area contributed by atoms with Gasteiger partial charge in [-0.05, 0) is 50.9 Å². The molecular weight excluding hydrogens is 304 g/mol. The third-order valence-corrected chi connectivity index (χ3v) is 5.46. The maximum atomic E-state index is 13.2. The van der Waals surface area contributed by atoms with Crippen molar-refractivity contribution in [2.45, 2.75) is 44.7 Å². The molecule has 2 saturated heterocycles. The summed E-state index contributed by atoms with van der Waals surface area (Å²) in [4.78, 5) is 17.8. The zero-order valence-electron chi connectivity index (χ0n) is 15.0. The number of amides is 1. The van der Waals surface area contributed by atoms with Crippen LogP contribution in [0.5, 0.6) is 11.5 Å². The minimum absolute atomic E-state index is 0.0659. The Labute approximate surface area is 144 Å². The van der Waals surface area contributed by atoms with Crippen LogP contribution in [-0.4, -0.2) is 61.6 Å². The molecule has 5 nitrogen and oxygen atoms in total. The topological polar surface area (TPSA) is 42.0 Å². The molecule has 24 heavy (non-hydrogen) atoms. The molecule has 0 bridgehead atoms. The average molecular weight is 332 g/mol. The van der Waals surface area contributed by atoms with Gasteiger partial charge in [-0.1, -0.05) is 13.0 Å². The molecule has 2 heterocycles. The molecule has 0 spiro atoms. The van der Waals surface area contributed by atoms with Crippen molar-refractivity contribution in [1.29, 1.82) is 0 Å². The number of likely N-dealkylation sites (N-methyl/N-ethyl adjacent to an activating group) is 1. The summed E-state index contributed by atoms with van der Waals surface area (Å²) in [7, 11) is 3.19. The average Bonchev–Trinajstić information content (AvgIpc) is 3.28. The van der Waals surface area contributed by atoms with E-state index >= 15 is 0 Å². The Morgan fingerprint density at radius 1 is 1.12 bits per heavy atom. The first-order valence-electron chi connectivity index (χ1n) is 8.97. The van der Waals surface area contributed by atoms with Crippen LogP contribution in [0.3, 0.4) is 0 Å². The lowest BCUT2D eigenvalue weighted by Crippen LogP contribution is -2.48. The lowest BCUT2D eigenvalue weighted by Gasteiger charge is -2.34. The van der Waals surface area contributed by atoms with Crippen LogP contribution < -0.4 is 9.47 Å². The van der Waals surface area contributed by atoms with Crippen molar-refractivity contribution < 1.29 is 14.3 Å². The fraction of sp³-hybridized carbons (Fsp3) is 0.632. The summed E-state index contributed by atoms with van der Waals surface area (Å²) < 4.78 is 10.8. The van der Waals surface area contributed by atoms with Crippen molar-refractivity contribution in [3.05, 3.63) is 23.8 Å². The summed E-state index contributed by atoms with van der Waals surface area (Å²) in [6.07, 6.45) is 4.60. The summed E-state index contributed by atoms with van der Waals surface area (Å²) in [5, 5.41) is 0. The highest BCUT2D eigenvalue weighted by atomic mass is 16.5. The van der Waals surface area contributed by atoms with E-state index in [9.17, 15) is 4.79 Å². The number of hydrogen-bond donors (Lipinski definition) is 0. The fourth-order valence-electron chi connectivity index (χ4n) is 4.34. The van der Waals surface area contributed by atoms with Gasteiger partial charge >= 0.3 is 0 Å². The highest BCUT2D eigenvalue weighted by Gasteiger charge is 2.40. The van der Waals surface area contributed by atoms with Gasteiger partial charge in [0, 0.05) is 18.6 Å². The molecule has 1 amide bonds. The Bertz CT molecular complexity index is 590. The van der Waals surface area contributed by atoms with Crippen molar-refractivity contribution in [2.24, 2.45) is 0 Å². The van der Waals surface area contributed by atoms with E-state index in [1.807, 2.05) is 18.2 Å². The van der Waals surface area contributed by atoms with Crippen LogP contribution in [0.25, 0.3) is 0 Å². The largest absolute Gasteiger partial charge is 0.493 e. The molecule has 0 radical (unpaired) electrons. The van der Waals surface area contributed by atoms with Gasteiger partial charge < -0.3 is 14.4 Å². The molecule has 0 aliphatic carbocycles. The molecular formula is C19H28N2O3. The molecule has 0 aromatic heterocycles. The van der Waals surface area contributed by atoms with Gasteiger partial charge in [0.15, 0.2) is 11.5 Å². The van der Waals surface area contributed by atoms with E-state index in [2.05, 4.69) is 16.7 Å². The van der Waals surface area contributed by atoms with Crippen LogP contribution in [-0.2, 0) is 0 Å². The minimum Gasteiger partial charge on any atom is -0.493 e. The zero-order valence-corrected chi connectivity index (χ0v) is 15.0. The van der Waals surface area contributed by atoms with Crippen LogP contribution >= 0.6 is 0 Å². The van der Waals surface area contributed by atoms with Gasteiger partial charge in [0.2, 0.25) is 0 Å². The highest BCUT2D eigenvalue weighted by Crippen LogP contribution is 2.35. The minimum atomic E-state index is 0.0659. The van der Waals surface area contributed by atoms with Crippen molar-refractivity contribution in [2.75, 3.05) is 33.9 Å². The van der Waals surface area contributed by atoms with Crippen molar-refractivity contribution in [1.82, 2.24) is 9.80 Å². The maximum absolute atomic E-state index is 13.2. The summed E-state index contributed by atoms with van der Waals surface area (Å²) in [5.41, 5.74) is 0.602. The van der Waals surface area contributed by atoms with Gasteiger partial charge in [-0.15, -0.1) is 0 Å². The Morgan fingerprint density at radius 2 is 1.88 bits per heavy atom. The van der Waals surface area contributed by atoms with Crippen LogP contribution in [0.4, 0.5) is 0 Å². The van der Waals surface area contributed by atoms with E-state index in [1.165, 1.54) is 12.8 Å². The molecule has 2 atom stereocenters. The SMILES string of the molecule is CCN1CCCC1C1CCCN1C(=O)c1cccc(OC)c1OC. The summed E-state index contributed by atoms with van der Waals surface area (Å²) in [5.74, 6) is 1.21. The molecule has 3 rings (SSSR count). The number of carbonyl (C=O) groups excluding carboxylic acids is 1. The maximum Gasteiger partial charge on any atom is 0.258 e. The zero-order chi connectivity index (χ0) is 17.1. The summed E-state index contributed by atoms with van der Waals surface area (Å²) in [6.45, 7) is 5.26. The molecule has 2 aliphatic rings. The van der Waals surface area contributed by atoms with Crippen LogP contribution in [0.2, 0.25) is 0 Å². The summed E-state index contributed by atoms with van der Waals surface area (Å²) >= 11 is 0. The van der Waals surface area contributed by atoms with Crippen LogP contribution in [0.1, 0.15) is 43.0 Å². The third-order valence-electron chi connectivity index (χ3n) is 5.46. The third kappa shape index (κ3) is 2.97. The molecule has 0 N–H and O–H groups in total. The van der Waals surface area contributed by atoms with Crippen molar-refractivity contribution in [3.63, 3.8) is 0 Å². The van der Waals surface area contributed by atoms with E-state index in [1.54, 1.807) is 14.2 Å². The lowest BCUT2D eigenvalue weighted by molar-refractivity contribution is 0.0646. The first kappa shape index (κ1) is 17.1. The predicted molar refractivity (Wildman–Crippen MR) is 93.9 cm³/mol. The van der Waals surface area contributed by atoms with Gasteiger partial charge in [0.05, 0.1) is 19.8 Å². The number of para-hydroxylation sites is 1. The normalized spacial score (nSPS) is 24.4. The number of ether oxygens (including phenoxy) is 2. The molecule has 0 saturated carbocycles. The first-order valence-corrected chi connectivity index (χ1v) is 8.97.